The molecule has 0 saturated carbocycles. The summed E-state index contributed by atoms with van der Waals surface area (Å²) in [6.45, 7) is 12.8. The van der Waals surface area contributed by atoms with Crippen molar-refractivity contribution in [2.75, 3.05) is 11.5 Å². The monoisotopic (exact) mass is 388 g/mol. The third-order valence-electron chi connectivity index (χ3n) is 4.81. The maximum atomic E-state index is 13.3. The van der Waals surface area contributed by atoms with Crippen LogP contribution in [0.25, 0.3) is 11.1 Å². The molecule has 27 heavy (non-hydrogen) atoms. The molecule has 1 aliphatic rings. The molecule has 0 amide bonds. The van der Waals surface area contributed by atoms with Crippen LogP contribution in [0, 0.1) is 26.2 Å². The van der Waals surface area contributed by atoms with Gasteiger partial charge in [0.25, 0.3) is 5.56 Å². The van der Waals surface area contributed by atoms with Gasteiger partial charge in [0.1, 0.15) is 5.56 Å². The Morgan fingerprint density at radius 2 is 1.56 bits per heavy atom. The smallest absolute Gasteiger partial charge is 0.317 e. The fraction of sp³-hybridized carbons (Fsp3) is 0.524. The lowest BCUT2D eigenvalue weighted by atomic mass is 9.95. The van der Waals surface area contributed by atoms with Crippen molar-refractivity contribution in [3.63, 3.8) is 0 Å². The Morgan fingerprint density at radius 1 is 1.00 bits per heavy atom. The lowest BCUT2D eigenvalue weighted by molar-refractivity contribution is -0.143. The number of thioether (sulfide) groups is 1. The van der Waals surface area contributed by atoms with Crippen LogP contribution in [0.2, 0.25) is 0 Å². The highest BCUT2D eigenvalue weighted by atomic mass is 32.2. The van der Waals surface area contributed by atoms with Crippen LogP contribution in [-0.2, 0) is 17.9 Å². The molecule has 2 heterocycles. The van der Waals surface area contributed by atoms with E-state index >= 15 is 0 Å². The van der Waals surface area contributed by atoms with Crippen molar-refractivity contribution in [1.29, 1.82) is 0 Å². The number of esters is 1. The molecule has 6 heteroatoms. The van der Waals surface area contributed by atoms with Gasteiger partial charge in [0, 0.05) is 11.5 Å². The lowest BCUT2D eigenvalue weighted by Crippen LogP contribution is -2.27. The molecule has 1 aromatic heterocycles. The highest BCUT2D eigenvalue weighted by molar-refractivity contribution is 7.99. The van der Waals surface area contributed by atoms with E-state index in [0.717, 1.165) is 33.8 Å². The largest absolute Gasteiger partial charge is 0.407 e. The van der Waals surface area contributed by atoms with Crippen molar-refractivity contribution in [1.82, 2.24) is 9.36 Å². The molecule has 3 rings (SSSR count). The second kappa shape index (κ2) is 7.23. The van der Waals surface area contributed by atoms with Gasteiger partial charge in [-0.1, -0.05) is 17.7 Å². The van der Waals surface area contributed by atoms with Crippen LogP contribution >= 0.6 is 11.8 Å². The first-order valence-electron chi connectivity index (χ1n) is 9.33. The zero-order chi connectivity index (χ0) is 19.9. The average Bonchev–Trinajstić information content (AvgIpc) is 2.73. The molecular formula is C21H28N2O3S. The summed E-state index contributed by atoms with van der Waals surface area (Å²) >= 11 is 1.81. The minimum Gasteiger partial charge on any atom is -0.407 e. The summed E-state index contributed by atoms with van der Waals surface area (Å²) in [6.07, 6.45) is 0. The van der Waals surface area contributed by atoms with Crippen molar-refractivity contribution in [2.24, 2.45) is 5.41 Å². The first-order chi connectivity index (χ1) is 12.6. The third kappa shape index (κ3) is 3.72. The lowest BCUT2D eigenvalue weighted by Gasteiger charge is -2.19. The van der Waals surface area contributed by atoms with Gasteiger partial charge in [0.05, 0.1) is 18.5 Å². The van der Waals surface area contributed by atoms with Gasteiger partial charge in [-0.15, -0.1) is 0 Å². The van der Waals surface area contributed by atoms with Gasteiger partial charge in [0.15, 0.2) is 0 Å². The van der Waals surface area contributed by atoms with Gasteiger partial charge in [-0.25, -0.2) is 9.36 Å². The van der Waals surface area contributed by atoms with E-state index in [0.29, 0.717) is 24.5 Å². The van der Waals surface area contributed by atoms with E-state index in [-0.39, 0.29) is 11.5 Å². The van der Waals surface area contributed by atoms with Crippen LogP contribution in [0.4, 0.5) is 0 Å². The Morgan fingerprint density at radius 3 is 2.11 bits per heavy atom. The van der Waals surface area contributed by atoms with Crippen LogP contribution in [0.1, 0.15) is 37.5 Å². The summed E-state index contributed by atoms with van der Waals surface area (Å²) in [5.41, 5.74) is 3.86. The van der Waals surface area contributed by atoms with E-state index in [1.165, 1.54) is 0 Å². The first-order valence-corrected chi connectivity index (χ1v) is 10.5. The quantitative estimate of drug-likeness (QED) is 0.731. The Bertz CT molecular complexity index is 925. The van der Waals surface area contributed by atoms with Gasteiger partial charge in [-0.3, -0.25) is 9.59 Å². The highest BCUT2D eigenvalue weighted by Gasteiger charge is 2.31. The predicted molar refractivity (Wildman–Crippen MR) is 111 cm³/mol. The van der Waals surface area contributed by atoms with E-state index in [4.69, 9.17) is 4.74 Å². The zero-order valence-corrected chi connectivity index (χ0v) is 17.8. The molecule has 0 saturated heterocycles. The van der Waals surface area contributed by atoms with Crippen LogP contribution in [0.3, 0.4) is 0 Å². The van der Waals surface area contributed by atoms with Crippen molar-refractivity contribution in [3.05, 3.63) is 39.2 Å². The molecule has 0 unspecified atom stereocenters. The number of ether oxygens (including phenoxy) is 1. The number of rotatable bonds is 2. The van der Waals surface area contributed by atoms with E-state index in [9.17, 15) is 9.59 Å². The molecule has 2 aromatic rings. The molecule has 0 bridgehead atoms. The van der Waals surface area contributed by atoms with Crippen molar-refractivity contribution in [2.45, 2.75) is 54.6 Å². The number of aryl methyl sites for hydroxylation is 3. The molecule has 0 atom stereocenters. The fourth-order valence-corrected chi connectivity index (χ4v) is 4.36. The van der Waals surface area contributed by atoms with Crippen molar-refractivity contribution in [3.8, 4) is 17.0 Å². The summed E-state index contributed by atoms with van der Waals surface area (Å²) in [7, 11) is 0. The van der Waals surface area contributed by atoms with Gasteiger partial charge < -0.3 is 4.74 Å². The third-order valence-corrected chi connectivity index (χ3v) is 5.75. The summed E-state index contributed by atoms with van der Waals surface area (Å²) in [4.78, 5) is 26.0. The van der Waals surface area contributed by atoms with E-state index in [1.807, 2.05) is 58.0 Å². The second-order valence-corrected chi connectivity index (χ2v) is 9.48. The molecule has 1 aromatic carbocycles. The van der Waals surface area contributed by atoms with E-state index in [1.54, 1.807) is 4.68 Å². The number of hydrogen-bond donors (Lipinski definition) is 0. The molecule has 0 aliphatic carbocycles. The molecule has 0 spiro atoms. The van der Waals surface area contributed by atoms with E-state index in [2.05, 4.69) is 12.1 Å². The molecule has 1 aliphatic heterocycles. The number of hydrogen-bond acceptors (Lipinski definition) is 4. The molecular weight excluding hydrogens is 360 g/mol. The summed E-state index contributed by atoms with van der Waals surface area (Å²) < 4.78 is 9.47. The zero-order valence-electron chi connectivity index (χ0n) is 17.0. The summed E-state index contributed by atoms with van der Waals surface area (Å²) in [6, 6.07) is 4.14. The van der Waals surface area contributed by atoms with Crippen LogP contribution in [0.5, 0.6) is 5.88 Å². The average molecular weight is 389 g/mol. The van der Waals surface area contributed by atoms with Gasteiger partial charge in [-0.2, -0.15) is 11.8 Å². The molecule has 0 radical (unpaired) electrons. The Hall–Kier alpha value is -1.95. The Kier molecular flexibility index (Phi) is 5.30. The SMILES string of the molecule is Cc1cc(C)c(-c2c(OC(=O)C(C)(C)C)n3n(c2=O)CCSCC3)c(C)c1. The maximum absolute atomic E-state index is 13.3. The molecule has 146 valence electrons. The summed E-state index contributed by atoms with van der Waals surface area (Å²) in [5, 5.41) is 0. The summed E-state index contributed by atoms with van der Waals surface area (Å²) in [5.74, 6) is 1.82. The fourth-order valence-electron chi connectivity index (χ4n) is 3.55. The van der Waals surface area contributed by atoms with Gasteiger partial charge in [0.2, 0.25) is 5.88 Å². The predicted octanol–water partition coefficient (Wildman–Crippen LogP) is 3.94. The van der Waals surface area contributed by atoms with Crippen LogP contribution in [0.15, 0.2) is 16.9 Å². The number of nitrogens with zero attached hydrogens (tertiary/aromatic N) is 2. The Labute approximate surface area is 164 Å². The van der Waals surface area contributed by atoms with Gasteiger partial charge in [-0.05, 0) is 58.2 Å². The number of benzene rings is 1. The number of carbonyl (C=O) groups is 1. The minimum absolute atomic E-state index is 0.0794. The van der Waals surface area contributed by atoms with Crippen LogP contribution < -0.4 is 10.3 Å². The number of aromatic nitrogens is 2. The maximum Gasteiger partial charge on any atom is 0.317 e. The molecule has 5 nitrogen and oxygen atoms in total. The van der Waals surface area contributed by atoms with Crippen molar-refractivity contribution < 1.29 is 9.53 Å². The Balaban J connectivity index is 2.28. The standard InChI is InChI=1S/C21H28N2O3S/c1-13-11-14(2)16(15(3)12-13)17-18(24)22-7-9-27-10-8-23(22)19(17)26-20(25)21(4,5)6/h11-12H,7-10H2,1-6H3. The van der Waals surface area contributed by atoms with Crippen LogP contribution in [-0.4, -0.2) is 26.8 Å². The first kappa shape index (κ1) is 19.8. The highest BCUT2D eigenvalue weighted by Crippen LogP contribution is 2.35. The van der Waals surface area contributed by atoms with Gasteiger partial charge >= 0.3 is 5.97 Å². The minimum atomic E-state index is -0.646. The molecule has 0 N–H and O–H groups in total. The topological polar surface area (TPSA) is 53.2 Å². The van der Waals surface area contributed by atoms with Crippen molar-refractivity contribution >= 4 is 17.7 Å². The molecule has 0 fully saturated rings. The number of fused-ring (bicyclic) bond motifs is 1. The normalized spacial score (nSPS) is 14.6. The van der Waals surface area contributed by atoms with E-state index < -0.39 is 5.41 Å². The number of carbonyl (C=O) groups excluding carboxylic acids is 1. The second-order valence-electron chi connectivity index (χ2n) is 8.26.